The molecule has 0 unspecified atom stereocenters. The highest BCUT2D eigenvalue weighted by Crippen LogP contribution is 2.32. The van der Waals surface area contributed by atoms with Crippen LogP contribution in [0, 0.1) is 23.6 Å². The van der Waals surface area contributed by atoms with Crippen molar-refractivity contribution in [3.05, 3.63) is 23.0 Å². The maximum atomic E-state index is 13.9. The van der Waals surface area contributed by atoms with Crippen molar-refractivity contribution < 1.29 is 23.6 Å². The van der Waals surface area contributed by atoms with Crippen molar-refractivity contribution >= 4 is 29.2 Å². The number of amides is 3. The molecule has 1 heterocycles. The van der Waals surface area contributed by atoms with Gasteiger partial charge in [-0.05, 0) is 19.9 Å². The SMILES string of the molecule is C#CCOc1cc(NC(=O)N2OCC(C)(C)C2=O)c(F)cc1Cl. The molecule has 6 nitrogen and oxygen atoms in total. The molecule has 23 heavy (non-hydrogen) atoms. The predicted molar refractivity (Wildman–Crippen MR) is 81.3 cm³/mol. The lowest BCUT2D eigenvalue weighted by atomic mass is 9.95. The van der Waals surface area contributed by atoms with Crippen LogP contribution in [-0.4, -0.2) is 30.2 Å². The molecule has 1 aliphatic rings. The molecule has 1 aliphatic heterocycles. The Morgan fingerprint density at radius 3 is 2.87 bits per heavy atom. The van der Waals surface area contributed by atoms with E-state index in [4.69, 9.17) is 27.6 Å². The van der Waals surface area contributed by atoms with Crippen LogP contribution in [0.1, 0.15) is 13.8 Å². The van der Waals surface area contributed by atoms with Crippen LogP contribution in [-0.2, 0) is 9.63 Å². The molecule has 0 saturated carbocycles. The van der Waals surface area contributed by atoms with Gasteiger partial charge < -0.3 is 10.1 Å². The van der Waals surface area contributed by atoms with Crippen LogP contribution >= 0.6 is 11.6 Å². The smallest absolute Gasteiger partial charge is 0.353 e. The van der Waals surface area contributed by atoms with Gasteiger partial charge in [-0.3, -0.25) is 9.63 Å². The minimum atomic E-state index is -0.912. The van der Waals surface area contributed by atoms with Gasteiger partial charge in [-0.2, -0.15) is 0 Å². The van der Waals surface area contributed by atoms with Crippen molar-refractivity contribution in [3.63, 3.8) is 0 Å². The molecule has 1 aromatic carbocycles. The van der Waals surface area contributed by atoms with E-state index in [1.165, 1.54) is 6.07 Å². The highest BCUT2D eigenvalue weighted by molar-refractivity contribution is 6.32. The van der Waals surface area contributed by atoms with E-state index in [0.29, 0.717) is 5.06 Å². The monoisotopic (exact) mass is 340 g/mol. The lowest BCUT2D eigenvalue weighted by molar-refractivity contribution is -0.148. The number of hydrogen-bond acceptors (Lipinski definition) is 4. The summed E-state index contributed by atoms with van der Waals surface area (Å²) in [5.41, 5.74) is -1.04. The van der Waals surface area contributed by atoms with Gasteiger partial charge in [-0.25, -0.2) is 9.18 Å². The van der Waals surface area contributed by atoms with Crippen LogP contribution in [0.2, 0.25) is 5.02 Å². The van der Waals surface area contributed by atoms with Gasteiger partial charge in [-0.15, -0.1) is 11.5 Å². The summed E-state index contributed by atoms with van der Waals surface area (Å²) in [4.78, 5) is 29.1. The fourth-order valence-corrected chi connectivity index (χ4v) is 2.00. The zero-order chi connectivity index (χ0) is 17.2. The zero-order valence-electron chi connectivity index (χ0n) is 12.5. The van der Waals surface area contributed by atoms with Crippen molar-refractivity contribution in [2.75, 3.05) is 18.5 Å². The highest BCUT2D eigenvalue weighted by atomic mass is 35.5. The number of terminal acetylenes is 1. The van der Waals surface area contributed by atoms with Crippen LogP contribution in [0.4, 0.5) is 14.9 Å². The number of benzene rings is 1. The van der Waals surface area contributed by atoms with Crippen molar-refractivity contribution in [2.45, 2.75) is 13.8 Å². The van der Waals surface area contributed by atoms with E-state index in [1.807, 2.05) is 0 Å². The second-order valence-electron chi connectivity index (χ2n) is 5.44. The van der Waals surface area contributed by atoms with E-state index in [-0.39, 0.29) is 29.7 Å². The summed E-state index contributed by atoms with van der Waals surface area (Å²) in [7, 11) is 0. The average Bonchev–Trinajstić information content (AvgIpc) is 2.75. The fourth-order valence-electron chi connectivity index (χ4n) is 1.79. The first-order valence-electron chi connectivity index (χ1n) is 6.60. The number of nitrogens with one attached hydrogen (secondary N) is 1. The van der Waals surface area contributed by atoms with E-state index >= 15 is 0 Å². The highest BCUT2D eigenvalue weighted by Gasteiger charge is 2.43. The van der Waals surface area contributed by atoms with E-state index in [0.717, 1.165) is 6.07 Å². The van der Waals surface area contributed by atoms with Gasteiger partial charge >= 0.3 is 6.03 Å². The molecule has 0 aliphatic carbocycles. The zero-order valence-corrected chi connectivity index (χ0v) is 13.2. The summed E-state index contributed by atoms with van der Waals surface area (Å²) < 4.78 is 19.1. The fraction of sp³-hybridized carbons (Fsp3) is 0.333. The first-order valence-corrected chi connectivity index (χ1v) is 6.98. The van der Waals surface area contributed by atoms with E-state index in [9.17, 15) is 14.0 Å². The molecule has 0 atom stereocenters. The van der Waals surface area contributed by atoms with Gasteiger partial charge in [0.15, 0.2) is 0 Å². The number of anilines is 1. The summed E-state index contributed by atoms with van der Waals surface area (Å²) in [6.07, 6.45) is 5.08. The lowest BCUT2D eigenvalue weighted by Gasteiger charge is -2.16. The minimum absolute atomic E-state index is 0.00498. The molecule has 122 valence electrons. The molecule has 1 N–H and O–H groups in total. The number of rotatable bonds is 3. The maximum absolute atomic E-state index is 13.9. The summed E-state index contributed by atoms with van der Waals surface area (Å²) in [5.74, 6) is 1.04. The Morgan fingerprint density at radius 2 is 2.30 bits per heavy atom. The number of urea groups is 1. The van der Waals surface area contributed by atoms with E-state index in [2.05, 4.69) is 11.2 Å². The molecular weight excluding hydrogens is 327 g/mol. The molecule has 0 radical (unpaired) electrons. The topological polar surface area (TPSA) is 67.9 Å². The standard InChI is InChI=1S/C15H14ClFN2O4/c1-4-5-22-12-7-11(10(17)6-9(12)16)18-14(21)19-13(20)15(2,3)8-23-19/h1,6-7H,5,8H2,2-3H3,(H,18,21). The Bertz CT molecular complexity index is 699. The van der Waals surface area contributed by atoms with Crippen molar-refractivity contribution in [1.29, 1.82) is 0 Å². The summed E-state index contributed by atoms with van der Waals surface area (Å²) in [6, 6.07) is 1.24. The maximum Gasteiger partial charge on any atom is 0.353 e. The van der Waals surface area contributed by atoms with Crippen LogP contribution in [0.3, 0.4) is 0 Å². The van der Waals surface area contributed by atoms with Crippen LogP contribution in [0.15, 0.2) is 12.1 Å². The van der Waals surface area contributed by atoms with Gasteiger partial charge in [-0.1, -0.05) is 17.5 Å². The Labute approximate surface area is 137 Å². The normalized spacial score (nSPS) is 16.1. The number of carbonyl (C=O) groups is 2. The molecular formula is C15H14ClFN2O4. The van der Waals surface area contributed by atoms with Crippen molar-refractivity contribution in [1.82, 2.24) is 5.06 Å². The lowest BCUT2D eigenvalue weighted by Crippen LogP contribution is -2.38. The number of halogens is 2. The second-order valence-corrected chi connectivity index (χ2v) is 5.85. The molecule has 1 fully saturated rings. The summed E-state index contributed by atoms with van der Waals surface area (Å²) >= 11 is 5.83. The van der Waals surface area contributed by atoms with E-state index in [1.54, 1.807) is 13.8 Å². The first kappa shape index (κ1) is 17.1. The number of nitrogens with zero attached hydrogens (tertiary/aromatic N) is 1. The molecule has 1 saturated heterocycles. The first-order chi connectivity index (χ1) is 10.8. The Morgan fingerprint density at radius 1 is 1.61 bits per heavy atom. The molecule has 3 amide bonds. The quantitative estimate of drug-likeness (QED) is 0.859. The Kier molecular flexibility index (Phi) is 4.78. The van der Waals surface area contributed by atoms with Gasteiger partial charge in [0.05, 0.1) is 22.7 Å². The van der Waals surface area contributed by atoms with Crippen LogP contribution in [0.25, 0.3) is 0 Å². The third kappa shape index (κ3) is 3.55. The average molecular weight is 341 g/mol. The van der Waals surface area contributed by atoms with Crippen molar-refractivity contribution in [3.8, 4) is 18.1 Å². The third-order valence-electron chi connectivity index (χ3n) is 3.08. The number of ether oxygens (including phenoxy) is 1. The molecule has 0 aromatic heterocycles. The van der Waals surface area contributed by atoms with Crippen LogP contribution < -0.4 is 10.1 Å². The van der Waals surface area contributed by atoms with Gasteiger partial charge in [0.2, 0.25) is 0 Å². The number of hydroxylamine groups is 2. The molecule has 0 spiro atoms. The van der Waals surface area contributed by atoms with Crippen molar-refractivity contribution in [2.24, 2.45) is 5.41 Å². The predicted octanol–water partition coefficient (Wildman–Crippen LogP) is 2.82. The number of hydrogen-bond donors (Lipinski definition) is 1. The summed E-state index contributed by atoms with van der Waals surface area (Å²) in [6.45, 7) is 3.26. The van der Waals surface area contributed by atoms with Crippen LogP contribution in [0.5, 0.6) is 5.75 Å². The Hall–Kier alpha value is -2.30. The third-order valence-corrected chi connectivity index (χ3v) is 3.37. The molecule has 8 heteroatoms. The molecule has 2 rings (SSSR count). The number of imide groups is 1. The number of carbonyl (C=O) groups excluding carboxylic acids is 2. The summed E-state index contributed by atoms with van der Waals surface area (Å²) in [5, 5.41) is 2.81. The van der Waals surface area contributed by atoms with E-state index < -0.39 is 23.2 Å². The second kappa shape index (κ2) is 6.44. The van der Waals surface area contributed by atoms with Gasteiger partial charge in [0.25, 0.3) is 5.91 Å². The molecule has 1 aromatic rings. The Balaban J connectivity index is 2.18. The van der Waals surface area contributed by atoms with Gasteiger partial charge in [0.1, 0.15) is 18.2 Å². The minimum Gasteiger partial charge on any atom is -0.479 e. The van der Waals surface area contributed by atoms with Gasteiger partial charge in [0, 0.05) is 6.07 Å². The largest absolute Gasteiger partial charge is 0.479 e. The molecule has 0 bridgehead atoms.